The maximum atomic E-state index is 3.54. The van der Waals surface area contributed by atoms with Gasteiger partial charge in [0.25, 0.3) is 0 Å². The predicted octanol–water partition coefficient (Wildman–Crippen LogP) is 2.98. The van der Waals surface area contributed by atoms with Crippen LogP contribution < -0.4 is 10.9 Å². The quantitative estimate of drug-likeness (QED) is 0.529. The number of hydrogen-bond donors (Lipinski definition) is 1. The summed E-state index contributed by atoms with van der Waals surface area (Å²) in [5.74, 6) is 0. The van der Waals surface area contributed by atoms with Gasteiger partial charge in [-0.3, -0.25) is 0 Å². The number of fused-ring (bicyclic) bond motifs is 3. The highest BCUT2D eigenvalue weighted by molar-refractivity contribution is 6.69. The van der Waals surface area contributed by atoms with E-state index in [0.29, 0.717) is 0 Å². The Morgan fingerprint density at radius 2 is 1.40 bits per heavy atom. The molecule has 0 fully saturated rings. The van der Waals surface area contributed by atoms with Crippen LogP contribution in [-0.4, -0.2) is 12.3 Å². The molecule has 0 saturated carbocycles. The summed E-state index contributed by atoms with van der Waals surface area (Å²) >= 11 is 0. The molecule has 4 rings (SSSR count). The highest BCUT2D eigenvalue weighted by atomic mass is 14.7. The lowest BCUT2D eigenvalue weighted by Crippen LogP contribution is -2.27. The third-order valence-electron chi connectivity index (χ3n) is 3.70. The normalized spacial score (nSPS) is 11.0. The molecule has 1 radical (unpaired) electrons. The van der Waals surface area contributed by atoms with Gasteiger partial charge in [0, 0.05) is 21.8 Å². The summed E-state index contributed by atoms with van der Waals surface area (Å²) < 4.78 is 0. The molecule has 0 aliphatic heterocycles. The molecule has 1 heterocycles. The Morgan fingerprint density at radius 3 is 2.30 bits per heavy atom. The molecule has 1 N–H and O–H groups in total. The van der Waals surface area contributed by atoms with E-state index in [9.17, 15) is 0 Å². The monoisotopic (exact) mass is 254 g/mol. The average Bonchev–Trinajstić information content (AvgIpc) is 2.88. The molecule has 3 aromatic carbocycles. The highest BCUT2D eigenvalue weighted by Gasteiger charge is 2.08. The van der Waals surface area contributed by atoms with Crippen LogP contribution in [-0.2, 0) is 0 Å². The first-order valence-corrected chi connectivity index (χ1v) is 6.81. The first-order chi connectivity index (χ1) is 9.92. The molecule has 1 nitrogen and oxygen atoms in total. The van der Waals surface area contributed by atoms with E-state index in [1.807, 2.05) is 6.07 Å². The summed E-state index contributed by atoms with van der Waals surface area (Å²) in [6.07, 6.45) is 0. The fourth-order valence-corrected chi connectivity index (χ4v) is 2.74. The molecule has 1 aromatic heterocycles. The molecule has 0 aliphatic carbocycles. The largest absolute Gasteiger partial charge is 0.355 e. The van der Waals surface area contributed by atoms with Gasteiger partial charge >= 0.3 is 0 Å². The smallest absolute Gasteiger partial charge is 0.194 e. The van der Waals surface area contributed by atoms with Crippen molar-refractivity contribution in [3.63, 3.8) is 0 Å². The lowest BCUT2D eigenvalue weighted by molar-refractivity contribution is 1.56. The minimum absolute atomic E-state index is 1.19. The summed E-state index contributed by atoms with van der Waals surface area (Å²) in [5.41, 5.74) is 4.84. The number of nitrogens with one attached hydrogen (secondary N) is 1. The van der Waals surface area contributed by atoms with Crippen LogP contribution in [0.4, 0.5) is 0 Å². The van der Waals surface area contributed by atoms with E-state index < -0.39 is 0 Å². The molecule has 93 valence electrons. The molecule has 2 heteroatoms. The number of benzene rings is 3. The molecule has 0 amide bonds. The van der Waals surface area contributed by atoms with Crippen molar-refractivity contribution in [1.29, 1.82) is 0 Å². The zero-order chi connectivity index (χ0) is 13.4. The summed E-state index contributed by atoms with van der Waals surface area (Å²) in [7, 11) is 2.22. The van der Waals surface area contributed by atoms with Crippen molar-refractivity contribution < 1.29 is 0 Å². The topological polar surface area (TPSA) is 15.8 Å². The first kappa shape index (κ1) is 11.4. The van der Waals surface area contributed by atoms with Gasteiger partial charge in [-0.25, -0.2) is 0 Å². The zero-order valence-corrected chi connectivity index (χ0v) is 11.0. The molecule has 0 bridgehead atoms. The van der Waals surface area contributed by atoms with Gasteiger partial charge in [-0.2, -0.15) is 0 Å². The minimum atomic E-state index is 1.19. The maximum absolute atomic E-state index is 3.54. The molecular formula is C18H13BN. The molecule has 0 saturated heterocycles. The Labute approximate surface area is 118 Å². The van der Waals surface area contributed by atoms with Crippen molar-refractivity contribution in [1.82, 2.24) is 4.98 Å². The fourth-order valence-electron chi connectivity index (χ4n) is 2.74. The van der Waals surface area contributed by atoms with E-state index in [1.54, 1.807) is 0 Å². The number of hydrogen-bond acceptors (Lipinski definition) is 0. The van der Waals surface area contributed by atoms with Crippen LogP contribution in [0.25, 0.3) is 21.8 Å². The van der Waals surface area contributed by atoms with Gasteiger partial charge in [-0.05, 0) is 6.07 Å². The lowest BCUT2D eigenvalue weighted by Gasteiger charge is -2.02. The second kappa shape index (κ2) is 4.57. The fraction of sp³-hybridized carbons (Fsp3) is 0. The third kappa shape index (κ3) is 1.81. The highest BCUT2D eigenvalue weighted by Crippen LogP contribution is 2.23. The molecule has 20 heavy (non-hydrogen) atoms. The van der Waals surface area contributed by atoms with Crippen LogP contribution in [0, 0.1) is 0 Å². The molecule has 0 spiro atoms. The van der Waals surface area contributed by atoms with Gasteiger partial charge in [0.2, 0.25) is 0 Å². The summed E-state index contributed by atoms with van der Waals surface area (Å²) in [6.45, 7) is 0. The second-order valence-corrected chi connectivity index (χ2v) is 5.00. The molecular weight excluding hydrogens is 241 g/mol. The zero-order valence-electron chi connectivity index (χ0n) is 11.0. The van der Waals surface area contributed by atoms with Crippen LogP contribution in [0.2, 0.25) is 0 Å². The Hall–Kier alpha value is -2.48. The first-order valence-electron chi connectivity index (χ1n) is 6.81. The van der Waals surface area contributed by atoms with Crippen molar-refractivity contribution in [3.05, 3.63) is 72.8 Å². The Balaban J connectivity index is 1.91. The van der Waals surface area contributed by atoms with Crippen molar-refractivity contribution in [2.75, 3.05) is 0 Å². The lowest BCUT2D eigenvalue weighted by atomic mass is 9.63. The number of rotatable bonds is 2. The summed E-state index contributed by atoms with van der Waals surface area (Å²) in [5, 5.41) is 2.57. The van der Waals surface area contributed by atoms with Gasteiger partial charge in [-0.15, -0.1) is 0 Å². The number of H-pyrrole nitrogens is 1. The predicted molar refractivity (Wildman–Crippen MR) is 87.3 cm³/mol. The number of aromatic nitrogens is 1. The summed E-state index contributed by atoms with van der Waals surface area (Å²) in [4.78, 5) is 3.54. The molecule has 0 unspecified atom stereocenters. The van der Waals surface area contributed by atoms with E-state index in [0.717, 1.165) is 0 Å². The van der Waals surface area contributed by atoms with Crippen molar-refractivity contribution in [2.24, 2.45) is 0 Å². The van der Waals surface area contributed by atoms with E-state index in [2.05, 4.69) is 79.0 Å². The molecule has 0 aliphatic rings. The van der Waals surface area contributed by atoms with E-state index in [4.69, 9.17) is 0 Å². The van der Waals surface area contributed by atoms with Crippen LogP contribution in [0.1, 0.15) is 0 Å². The van der Waals surface area contributed by atoms with Crippen LogP contribution in [0.5, 0.6) is 0 Å². The van der Waals surface area contributed by atoms with Gasteiger partial charge in [0.05, 0.1) is 0 Å². The van der Waals surface area contributed by atoms with Crippen molar-refractivity contribution in [2.45, 2.75) is 0 Å². The summed E-state index contributed by atoms with van der Waals surface area (Å²) in [6, 6.07) is 25.3. The van der Waals surface area contributed by atoms with Gasteiger partial charge in [0.1, 0.15) is 0 Å². The van der Waals surface area contributed by atoms with E-state index in [1.165, 1.54) is 32.7 Å². The molecule has 0 atom stereocenters. The van der Waals surface area contributed by atoms with Crippen molar-refractivity contribution in [3.8, 4) is 0 Å². The number of aromatic amines is 1. The Bertz CT molecular complexity index is 878. The van der Waals surface area contributed by atoms with Crippen molar-refractivity contribution >= 4 is 40.0 Å². The van der Waals surface area contributed by atoms with Crippen LogP contribution in [0.3, 0.4) is 0 Å². The maximum Gasteiger partial charge on any atom is 0.194 e. The van der Waals surface area contributed by atoms with Gasteiger partial charge in [-0.1, -0.05) is 77.7 Å². The van der Waals surface area contributed by atoms with E-state index >= 15 is 0 Å². The standard InChI is InChI=1S/C18H13BN/c1-2-7-13(8-3-1)19-16-11-6-10-15-14-9-4-5-12-17(14)20-18(15)16/h1-12,20H. The SMILES string of the molecule is [B](c1ccccc1)c1cccc2c1[nH]c1ccccc12. The van der Waals surface area contributed by atoms with Crippen LogP contribution >= 0.6 is 0 Å². The van der Waals surface area contributed by atoms with Gasteiger partial charge < -0.3 is 4.98 Å². The Morgan fingerprint density at radius 1 is 0.650 bits per heavy atom. The van der Waals surface area contributed by atoms with E-state index in [-0.39, 0.29) is 0 Å². The molecule has 4 aromatic rings. The Kier molecular flexibility index (Phi) is 2.60. The second-order valence-electron chi connectivity index (χ2n) is 5.00. The third-order valence-corrected chi connectivity index (χ3v) is 3.70. The minimum Gasteiger partial charge on any atom is -0.355 e. The van der Waals surface area contributed by atoms with Crippen LogP contribution in [0.15, 0.2) is 72.8 Å². The average molecular weight is 254 g/mol. The van der Waals surface area contributed by atoms with Gasteiger partial charge in [0.15, 0.2) is 7.28 Å². The number of para-hydroxylation sites is 2.